The Bertz CT molecular complexity index is 488. The molecule has 2 rings (SSSR count). The first-order valence-corrected chi connectivity index (χ1v) is 6.20. The molecule has 15 heavy (non-hydrogen) atoms. The van der Waals surface area contributed by atoms with Crippen LogP contribution in [-0.4, -0.2) is 5.78 Å². The molecule has 76 valence electrons. The maximum Gasteiger partial charge on any atom is 0.203 e. The summed E-state index contributed by atoms with van der Waals surface area (Å²) in [6, 6.07) is 9.44. The van der Waals surface area contributed by atoms with Crippen molar-refractivity contribution in [2.75, 3.05) is 0 Å². The van der Waals surface area contributed by atoms with Gasteiger partial charge in [-0.3, -0.25) is 4.79 Å². The van der Waals surface area contributed by atoms with Gasteiger partial charge in [-0.1, -0.05) is 34.1 Å². The molecular weight excluding hydrogens is 272 g/mol. The lowest BCUT2D eigenvalue weighted by atomic mass is 10.0. The first-order chi connectivity index (χ1) is 7.20. The molecule has 0 radical (unpaired) electrons. The molecule has 0 aliphatic heterocycles. The largest absolute Gasteiger partial charge is 0.288 e. The average molecular weight is 281 g/mol. The summed E-state index contributed by atoms with van der Waals surface area (Å²) in [5.74, 6) is 0.101. The van der Waals surface area contributed by atoms with Crippen molar-refractivity contribution in [1.29, 1.82) is 0 Å². The number of ketones is 1. The lowest BCUT2D eigenvalue weighted by molar-refractivity contribution is 0.104. The van der Waals surface area contributed by atoms with Crippen LogP contribution in [0.5, 0.6) is 0 Å². The SMILES string of the molecule is Cc1c(Br)cccc1C(=O)c1cccs1. The van der Waals surface area contributed by atoms with Gasteiger partial charge in [-0.25, -0.2) is 0 Å². The third-order valence-electron chi connectivity index (χ3n) is 2.26. The molecule has 0 aliphatic rings. The van der Waals surface area contributed by atoms with Gasteiger partial charge in [0.15, 0.2) is 0 Å². The van der Waals surface area contributed by atoms with Crippen molar-refractivity contribution in [1.82, 2.24) is 0 Å². The maximum atomic E-state index is 12.1. The van der Waals surface area contributed by atoms with Crippen LogP contribution in [0.4, 0.5) is 0 Å². The summed E-state index contributed by atoms with van der Waals surface area (Å²) in [6.45, 7) is 1.95. The van der Waals surface area contributed by atoms with E-state index in [9.17, 15) is 4.79 Å². The van der Waals surface area contributed by atoms with Gasteiger partial charge in [-0.2, -0.15) is 0 Å². The van der Waals surface area contributed by atoms with Gasteiger partial charge in [0.05, 0.1) is 4.88 Å². The van der Waals surface area contributed by atoms with Gasteiger partial charge < -0.3 is 0 Å². The van der Waals surface area contributed by atoms with Crippen molar-refractivity contribution in [2.24, 2.45) is 0 Å². The fraction of sp³-hybridized carbons (Fsp3) is 0.0833. The Morgan fingerprint density at radius 2 is 2.07 bits per heavy atom. The van der Waals surface area contributed by atoms with Crippen LogP contribution in [0.1, 0.15) is 20.8 Å². The van der Waals surface area contributed by atoms with E-state index in [2.05, 4.69) is 15.9 Å². The molecule has 0 aliphatic carbocycles. The molecule has 0 atom stereocenters. The van der Waals surface area contributed by atoms with Crippen molar-refractivity contribution < 1.29 is 4.79 Å². The highest BCUT2D eigenvalue weighted by molar-refractivity contribution is 9.10. The highest BCUT2D eigenvalue weighted by Gasteiger charge is 2.13. The van der Waals surface area contributed by atoms with Crippen LogP contribution < -0.4 is 0 Å². The van der Waals surface area contributed by atoms with Crippen molar-refractivity contribution in [3.05, 3.63) is 56.2 Å². The molecule has 1 aromatic heterocycles. The summed E-state index contributed by atoms with van der Waals surface area (Å²) in [6.07, 6.45) is 0. The van der Waals surface area contributed by atoms with Crippen molar-refractivity contribution in [2.45, 2.75) is 6.92 Å². The van der Waals surface area contributed by atoms with Gasteiger partial charge in [0.25, 0.3) is 0 Å². The van der Waals surface area contributed by atoms with Crippen LogP contribution >= 0.6 is 27.3 Å². The lowest BCUT2D eigenvalue weighted by Crippen LogP contribution is -2.01. The van der Waals surface area contributed by atoms with Crippen LogP contribution in [0.3, 0.4) is 0 Å². The normalized spacial score (nSPS) is 10.3. The first-order valence-electron chi connectivity index (χ1n) is 4.53. The van der Waals surface area contributed by atoms with E-state index in [1.165, 1.54) is 11.3 Å². The number of rotatable bonds is 2. The third kappa shape index (κ3) is 2.03. The highest BCUT2D eigenvalue weighted by atomic mass is 79.9. The van der Waals surface area contributed by atoms with E-state index in [1.54, 1.807) is 0 Å². The smallest absolute Gasteiger partial charge is 0.203 e. The van der Waals surface area contributed by atoms with Gasteiger partial charge >= 0.3 is 0 Å². The van der Waals surface area contributed by atoms with Gasteiger partial charge in [0, 0.05) is 10.0 Å². The van der Waals surface area contributed by atoms with Gasteiger partial charge in [0.1, 0.15) is 0 Å². The molecule has 1 heterocycles. The zero-order chi connectivity index (χ0) is 10.8. The molecule has 2 aromatic rings. The molecule has 3 heteroatoms. The van der Waals surface area contributed by atoms with Crippen molar-refractivity contribution in [3.63, 3.8) is 0 Å². The fourth-order valence-corrected chi connectivity index (χ4v) is 2.44. The molecule has 0 bridgehead atoms. The molecule has 0 spiro atoms. The minimum Gasteiger partial charge on any atom is -0.288 e. The Morgan fingerprint density at radius 1 is 1.27 bits per heavy atom. The average Bonchev–Trinajstić information content (AvgIpc) is 2.74. The number of carbonyl (C=O) groups is 1. The molecule has 0 fully saturated rings. The summed E-state index contributed by atoms with van der Waals surface area (Å²) in [7, 11) is 0. The molecule has 0 amide bonds. The van der Waals surface area contributed by atoms with Gasteiger partial charge in [-0.05, 0) is 30.0 Å². The van der Waals surface area contributed by atoms with E-state index in [0.717, 1.165) is 20.5 Å². The number of thiophene rings is 1. The number of hydrogen-bond acceptors (Lipinski definition) is 2. The van der Waals surface area contributed by atoms with E-state index >= 15 is 0 Å². The Hall–Kier alpha value is -0.930. The van der Waals surface area contributed by atoms with Crippen molar-refractivity contribution >= 4 is 33.0 Å². The van der Waals surface area contributed by atoms with Crippen LogP contribution in [0.15, 0.2) is 40.2 Å². The minimum atomic E-state index is 0.101. The zero-order valence-corrected chi connectivity index (χ0v) is 10.6. The molecule has 0 unspecified atom stereocenters. The Balaban J connectivity index is 2.47. The van der Waals surface area contributed by atoms with Gasteiger partial charge in [-0.15, -0.1) is 11.3 Å². The number of carbonyl (C=O) groups excluding carboxylic acids is 1. The Kier molecular flexibility index (Phi) is 3.03. The quantitative estimate of drug-likeness (QED) is 0.759. The Labute approximate surface area is 101 Å². The first kappa shape index (κ1) is 10.6. The van der Waals surface area contributed by atoms with Crippen LogP contribution in [0.25, 0.3) is 0 Å². The minimum absolute atomic E-state index is 0.101. The topological polar surface area (TPSA) is 17.1 Å². The van der Waals surface area contributed by atoms with Gasteiger partial charge in [0.2, 0.25) is 5.78 Å². The van der Waals surface area contributed by atoms with Crippen LogP contribution in [0.2, 0.25) is 0 Å². The second-order valence-electron chi connectivity index (χ2n) is 3.22. The molecule has 1 aromatic carbocycles. The van der Waals surface area contributed by atoms with E-state index in [4.69, 9.17) is 0 Å². The fourth-order valence-electron chi connectivity index (χ4n) is 1.39. The molecule has 1 nitrogen and oxygen atoms in total. The Morgan fingerprint density at radius 3 is 2.73 bits per heavy atom. The van der Waals surface area contributed by atoms with E-state index in [1.807, 2.05) is 42.6 Å². The predicted molar refractivity (Wildman–Crippen MR) is 66.6 cm³/mol. The summed E-state index contributed by atoms with van der Waals surface area (Å²) in [4.78, 5) is 12.9. The highest BCUT2D eigenvalue weighted by Crippen LogP contribution is 2.23. The standard InChI is InChI=1S/C12H9BrOS/c1-8-9(4-2-5-10(8)13)12(14)11-6-3-7-15-11/h2-7H,1H3. The second kappa shape index (κ2) is 4.29. The lowest BCUT2D eigenvalue weighted by Gasteiger charge is -2.04. The van der Waals surface area contributed by atoms with E-state index in [-0.39, 0.29) is 5.78 Å². The number of benzene rings is 1. The molecule has 0 saturated heterocycles. The number of halogens is 1. The molecule has 0 N–H and O–H groups in total. The summed E-state index contributed by atoms with van der Waals surface area (Å²) < 4.78 is 0.977. The van der Waals surface area contributed by atoms with E-state index < -0.39 is 0 Å². The predicted octanol–water partition coefficient (Wildman–Crippen LogP) is 4.05. The summed E-state index contributed by atoms with van der Waals surface area (Å²) in [5.41, 5.74) is 1.77. The molecule has 0 saturated carbocycles. The summed E-state index contributed by atoms with van der Waals surface area (Å²) in [5, 5.41) is 1.92. The second-order valence-corrected chi connectivity index (χ2v) is 5.02. The third-order valence-corrected chi connectivity index (χ3v) is 3.98. The maximum absolute atomic E-state index is 12.1. The van der Waals surface area contributed by atoms with Crippen molar-refractivity contribution in [3.8, 4) is 0 Å². The van der Waals surface area contributed by atoms with Crippen LogP contribution in [-0.2, 0) is 0 Å². The van der Waals surface area contributed by atoms with Crippen LogP contribution in [0, 0.1) is 6.92 Å². The number of hydrogen-bond donors (Lipinski definition) is 0. The van der Waals surface area contributed by atoms with E-state index in [0.29, 0.717) is 0 Å². The summed E-state index contributed by atoms with van der Waals surface area (Å²) >= 11 is 4.90. The zero-order valence-electron chi connectivity index (χ0n) is 8.16. The monoisotopic (exact) mass is 280 g/mol. The molecular formula is C12H9BrOS.